The van der Waals surface area contributed by atoms with Crippen molar-refractivity contribution in [2.24, 2.45) is 0 Å². The first-order chi connectivity index (χ1) is 9.25. The molecule has 1 atom stereocenters. The minimum atomic E-state index is -0.320. The molecule has 1 N–H and O–H groups in total. The summed E-state index contributed by atoms with van der Waals surface area (Å²) in [6, 6.07) is 0. The summed E-state index contributed by atoms with van der Waals surface area (Å²) in [6.45, 7) is 6.54. The third-order valence-corrected chi connectivity index (χ3v) is 5.54. The Morgan fingerprint density at radius 2 is 1.95 bits per heavy atom. The summed E-state index contributed by atoms with van der Waals surface area (Å²) in [4.78, 5) is 6.95. The monoisotopic (exact) mass is 296 g/mol. The predicted molar refractivity (Wildman–Crippen MR) is 85.4 cm³/mol. The van der Waals surface area contributed by atoms with Gasteiger partial charge < -0.3 is 10.0 Å². The predicted octanol–water partition coefficient (Wildman–Crippen LogP) is 3.22. The van der Waals surface area contributed by atoms with Gasteiger partial charge in [0.2, 0.25) is 0 Å². The van der Waals surface area contributed by atoms with Crippen LogP contribution in [-0.4, -0.2) is 40.7 Å². The number of rotatable bonds is 4. The molecule has 4 heteroatoms. The zero-order chi connectivity index (χ0) is 15.0. The lowest BCUT2D eigenvalue weighted by atomic mass is 9.87. The Bertz CT molecular complexity index is 442. The van der Waals surface area contributed by atoms with Gasteiger partial charge in [0, 0.05) is 22.8 Å². The fourth-order valence-electron chi connectivity index (χ4n) is 3.17. The van der Waals surface area contributed by atoms with Crippen molar-refractivity contribution in [2.45, 2.75) is 69.9 Å². The highest BCUT2D eigenvalue weighted by molar-refractivity contribution is 7.09. The van der Waals surface area contributed by atoms with E-state index in [4.69, 9.17) is 4.98 Å². The minimum Gasteiger partial charge on any atom is -0.391 e. The van der Waals surface area contributed by atoms with Crippen molar-refractivity contribution in [2.75, 3.05) is 14.1 Å². The van der Waals surface area contributed by atoms with E-state index in [1.165, 1.54) is 12.8 Å². The molecule has 1 unspecified atom stereocenters. The molecular formula is C16H28N2OS. The molecule has 114 valence electrons. The molecule has 1 saturated carbocycles. The van der Waals surface area contributed by atoms with E-state index in [1.54, 1.807) is 11.3 Å². The van der Waals surface area contributed by atoms with Gasteiger partial charge in [-0.15, -0.1) is 11.3 Å². The molecule has 1 aromatic heterocycles. The van der Waals surface area contributed by atoms with E-state index in [-0.39, 0.29) is 17.1 Å². The number of hydrogen-bond donors (Lipinski definition) is 1. The summed E-state index contributed by atoms with van der Waals surface area (Å²) >= 11 is 1.68. The summed E-state index contributed by atoms with van der Waals surface area (Å²) in [5.74, 6) is 0. The number of thiazole rings is 1. The topological polar surface area (TPSA) is 36.4 Å². The van der Waals surface area contributed by atoms with Gasteiger partial charge in [-0.2, -0.15) is 0 Å². The standard InChI is InChI=1S/C16H28N2OS/c1-15(2,3)12-11-20-14(17-12)10-13(19)16(18(4)5)8-6-7-9-16/h11,13,19H,6-10H2,1-5H3. The Morgan fingerprint density at radius 3 is 2.40 bits per heavy atom. The second kappa shape index (κ2) is 5.74. The number of aliphatic hydroxyl groups excluding tert-OH is 1. The molecule has 0 amide bonds. The molecule has 0 radical (unpaired) electrons. The maximum atomic E-state index is 10.8. The third kappa shape index (κ3) is 3.07. The highest BCUT2D eigenvalue weighted by atomic mass is 32.1. The Labute approximate surface area is 127 Å². The molecule has 3 nitrogen and oxygen atoms in total. The normalized spacial score (nSPS) is 20.6. The number of nitrogens with zero attached hydrogens (tertiary/aromatic N) is 2. The van der Waals surface area contributed by atoms with Crippen LogP contribution < -0.4 is 0 Å². The number of aliphatic hydroxyl groups is 1. The van der Waals surface area contributed by atoms with Crippen LogP contribution in [0.1, 0.15) is 57.2 Å². The van der Waals surface area contributed by atoms with E-state index in [0.717, 1.165) is 23.5 Å². The Kier molecular flexibility index (Phi) is 4.57. The first-order valence-electron chi connectivity index (χ1n) is 7.56. The summed E-state index contributed by atoms with van der Waals surface area (Å²) in [6.07, 6.45) is 5.00. The molecular weight excluding hydrogens is 268 g/mol. The smallest absolute Gasteiger partial charge is 0.0955 e. The summed E-state index contributed by atoms with van der Waals surface area (Å²) < 4.78 is 0. The molecule has 1 aliphatic rings. The van der Waals surface area contributed by atoms with Gasteiger partial charge in [0.15, 0.2) is 0 Å². The maximum Gasteiger partial charge on any atom is 0.0955 e. The van der Waals surface area contributed by atoms with E-state index in [2.05, 4.69) is 45.1 Å². The van der Waals surface area contributed by atoms with Crippen molar-refractivity contribution in [3.05, 3.63) is 16.1 Å². The van der Waals surface area contributed by atoms with Gasteiger partial charge in [-0.1, -0.05) is 33.6 Å². The average molecular weight is 296 g/mol. The van der Waals surface area contributed by atoms with E-state index in [0.29, 0.717) is 6.42 Å². The molecule has 2 rings (SSSR count). The molecule has 20 heavy (non-hydrogen) atoms. The molecule has 0 aromatic carbocycles. The Hall–Kier alpha value is -0.450. The molecule has 1 aliphatic carbocycles. The van der Waals surface area contributed by atoms with Gasteiger partial charge in [-0.25, -0.2) is 4.98 Å². The van der Waals surface area contributed by atoms with Crippen LogP contribution in [0.25, 0.3) is 0 Å². The van der Waals surface area contributed by atoms with Crippen LogP contribution in [0, 0.1) is 0 Å². The fourth-order valence-corrected chi connectivity index (χ4v) is 4.23. The van der Waals surface area contributed by atoms with Crippen LogP contribution in [0.5, 0.6) is 0 Å². The third-order valence-electron chi connectivity index (χ3n) is 4.67. The SMILES string of the molecule is CN(C)C1(C(O)Cc2nc(C(C)(C)C)cs2)CCCC1. The zero-order valence-electron chi connectivity index (χ0n) is 13.4. The average Bonchev–Trinajstić information content (AvgIpc) is 2.96. The van der Waals surface area contributed by atoms with Gasteiger partial charge in [-0.3, -0.25) is 0 Å². The van der Waals surface area contributed by atoms with Crippen LogP contribution in [0.4, 0.5) is 0 Å². The van der Waals surface area contributed by atoms with Crippen LogP contribution >= 0.6 is 11.3 Å². The Morgan fingerprint density at radius 1 is 1.35 bits per heavy atom. The summed E-state index contributed by atoms with van der Waals surface area (Å²) in [5, 5.41) is 14.0. The van der Waals surface area contributed by atoms with Crippen molar-refractivity contribution in [1.29, 1.82) is 0 Å². The second-order valence-corrected chi connectivity index (χ2v) is 8.24. The number of aromatic nitrogens is 1. The van der Waals surface area contributed by atoms with Gasteiger partial charge >= 0.3 is 0 Å². The molecule has 0 spiro atoms. The van der Waals surface area contributed by atoms with Crippen molar-refractivity contribution >= 4 is 11.3 Å². The summed E-state index contributed by atoms with van der Waals surface area (Å²) in [7, 11) is 4.19. The Balaban J connectivity index is 2.11. The lowest BCUT2D eigenvalue weighted by Gasteiger charge is -2.40. The quantitative estimate of drug-likeness (QED) is 0.927. The van der Waals surface area contributed by atoms with Crippen LogP contribution in [-0.2, 0) is 11.8 Å². The van der Waals surface area contributed by atoms with E-state index >= 15 is 0 Å². The van der Waals surface area contributed by atoms with Crippen LogP contribution in [0.3, 0.4) is 0 Å². The maximum absolute atomic E-state index is 10.8. The van der Waals surface area contributed by atoms with Gasteiger partial charge in [0.25, 0.3) is 0 Å². The van der Waals surface area contributed by atoms with Crippen molar-refractivity contribution < 1.29 is 5.11 Å². The lowest BCUT2D eigenvalue weighted by molar-refractivity contribution is -0.00255. The van der Waals surface area contributed by atoms with Crippen LogP contribution in [0.2, 0.25) is 0 Å². The highest BCUT2D eigenvalue weighted by Gasteiger charge is 2.42. The number of likely N-dealkylation sites (N-methyl/N-ethyl adjacent to an activating group) is 1. The van der Waals surface area contributed by atoms with Crippen molar-refractivity contribution in [1.82, 2.24) is 9.88 Å². The fraction of sp³-hybridized carbons (Fsp3) is 0.812. The minimum absolute atomic E-state index is 0.0480. The zero-order valence-corrected chi connectivity index (χ0v) is 14.3. The highest BCUT2D eigenvalue weighted by Crippen LogP contribution is 2.38. The lowest BCUT2D eigenvalue weighted by Crippen LogP contribution is -2.52. The first-order valence-corrected chi connectivity index (χ1v) is 8.44. The molecule has 0 aliphatic heterocycles. The molecule has 0 saturated heterocycles. The summed E-state index contributed by atoms with van der Waals surface area (Å²) in [5.41, 5.74) is 1.18. The molecule has 0 bridgehead atoms. The number of hydrogen-bond acceptors (Lipinski definition) is 4. The van der Waals surface area contributed by atoms with E-state index in [1.807, 2.05) is 0 Å². The molecule has 1 aromatic rings. The van der Waals surface area contributed by atoms with E-state index < -0.39 is 0 Å². The first kappa shape index (κ1) is 15.9. The van der Waals surface area contributed by atoms with Crippen molar-refractivity contribution in [3.8, 4) is 0 Å². The van der Waals surface area contributed by atoms with Gasteiger partial charge in [-0.05, 0) is 26.9 Å². The van der Waals surface area contributed by atoms with E-state index in [9.17, 15) is 5.11 Å². The van der Waals surface area contributed by atoms with Crippen molar-refractivity contribution in [3.63, 3.8) is 0 Å². The second-order valence-electron chi connectivity index (χ2n) is 7.30. The molecule has 1 heterocycles. The van der Waals surface area contributed by atoms with Gasteiger partial charge in [0.05, 0.1) is 16.8 Å². The largest absolute Gasteiger partial charge is 0.391 e. The van der Waals surface area contributed by atoms with Crippen LogP contribution in [0.15, 0.2) is 5.38 Å². The van der Waals surface area contributed by atoms with Gasteiger partial charge in [0.1, 0.15) is 0 Å². The molecule has 1 fully saturated rings.